The molecule has 0 aliphatic carbocycles. The summed E-state index contributed by atoms with van der Waals surface area (Å²) < 4.78 is 50.3. The molecule has 0 atom stereocenters. The number of halogens is 2. The van der Waals surface area contributed by atoms with Gasteiger partial charge in [0.1, 0.15) is 30.3 Å². The number of carbonyl (C=O) groups excluding carboxylic acids is 1. The van der Waals surface area contributed by atoms with Crippen LogP contribution in [0.15, 0.2) is 47.4 Å². The number of rotatable bonds is 7. The smallest absolute Gasteiger partial charge is 0.321 e. The van der Waals surface area contributed by atoms with Crippen LogP contribution in [0.5, 0.6) is 5.75 Å². The monoisotopic (exact) mass is 429 g/mol. The topological polar surface area (TPSA) is 81.7 Å². The van der Waals surface area contributed by atoms with Crippen LogP contribution in [0.4, 0.5) is 4.39 Å². The number of hydrogen-bond donors (Lipinski definition) is 1. The molecule has 0 spiro atoms. The summed E-state index contributed by atoms with van der Waals surface area (Å²) in [7, 11) is -3.88. The summed E-state index contributed by atoms with van der Waals surface area (Å²) in [5, 5.41) is 0.241. The number of esters is 1. The van der Waals surface area contributed by atoms with E-state index in [0.29, 0.717) is 11.3 Å². The van der Waals surface area contributed by atoms with E-state index >= 15 is 0 Å². The molecule has 0 aromatic heterocycles. The second kappa shape index (κ2) is 8.89. The zero-order valence-corrected chi connectivity index (χ0v) is 17.2. The Kier molecular flexibility index (Phi) is 7.03. The third-order valence-corrected chi connectivity index (χ3v) is 5.14. The van der Waals surface area contributed by atoms with Gasteiger partial charge in [-0.15, -0.1) is 0 Å². The number of hydrogen-bond acceptors (Lipinski definition) is 5. The normalized spacial score (nSPS) is 11.9. The van der Waals surface area contributed by atoms with E-state index < -0.39 is 34.0 Å². The van der Waals surface area contributed by atoms with Crippen molar-refractivity contribution in [2.24, 2.45) is 0 Å². The van der Waals surface area contributed by atoms with Gasteiger partial charge in [0.25, 0.3) is 0 Å². The summed E-state index contributed by atoms with van der Waals surface area (Å²) >= 11 is 5.94. The SMILES string of the molecule is CC(C)(C)OC(=O)CNS(=O)(=O)c1ccc(OCc2ccc(F)cc2Cl)cc1. The molecular weight excluding hydrogens is 409 g/mol. The van der Waals surface area contributed by atoms with E-state index in [-0.39, 0.29) is 16.5 Å². The molecule has 0 radical (unpaired) electrons. The highest BCUT2D eigenvalue weighted by Gasteiger charge is 2.20. The first kappa shape index (κ1) is 22.1. The fourth-order valence-corrected chi connectivity index (χ4v) is 3.32. The van der Waals surface area contributed by atoms with E-state index in [9.17, 15) is 17.6 Å². The summed E-state index contributed by atoms with van der Waals surface area (Å²) in [5.74, 6) is -0.708. The molecule has 0 fully saturated rings. The largest absolute Gasteiger partial charge is 0.489 e. The standard InChI is InChI=1S/C19H21ClFNO5S/c1-19(2,3)27-18(23)11-22-28(24,25)16-8-6-15(7-9-16)26-12-13-4-5-14(21)10-17(13)20/h4-10,22H,11-12H2,1-3H3. The molecule has 2 aromatic carbocycles. The minimum absolute atomic E-state index is 0.0248. The van der Waals surface area contributed by atoms with Gasteiger partial charge in [-0.3, -0.25) is 4.79 Å². The van der Waals surface area contributed by atoms with Gasteiger partial charge in [0.2, 0.25) is 10.0 Å². The second-order valence-corrected chi connectivity index (χ2v) is 9.08. The third kappa shape index (κ3) is 6.78. The van der Waals surface area contributed by atoms with Gasteiger partial charge in [0, 0.05) is 5.56 Å². The second-order valence-electron chi connectivity index (χ2n) is 6.91. The molecule has 0 saturated heterocycles. The third-order valence-electron chi connectivity index (χ3n) is 3.37. The predicted octanol–water partition coefficient (Wildman–Crippen LogP) is 3.68. The molecule has 2 rings (SSSR count). The van der Waals surface area contributed by atoms with Crippen LogP contribution in [-0.4, -0.2) is 26.5 Å². The maximum Gasteiger partial charge on any atom is 0.321 e. The average Bonchev–Trinajstić information content (AvgIpc) is 2.58. The van der Waals surface area contributed by atoms with Crippen LogP contribution >= 0.6 is 11.6 Å². The minimum Gasteiger partial charge on any atom is -0.489 e. The van der Waals surface area contributed by atoms with Gasteiger partial charge < -0.3 is 9.47 Å². The van der Waals surface area contributed by atoms with Crippen LogP contribution < -0.4 is 9.46 Å². The van der Waals surface area contributed by atoms with Crippen molar-refractivity contribution in [3.63, 3.8) is 0 Å². The maximum absolute atomic E-state index is 13.0. The van der Waals surface area contributed by atoms with Gasteiger partial charge in [-0.25, -0.2) is 12.8 Å². The van der Waals surface area contributed by atoms with E-state index in [1.54, 1.807) is 20.8 Å². The lowest BCUT2D eigenvalue weighted by Gasteiger charge is -2.19. The highest BCUT2D eigenvalue weighted by molar-refractivity contribution is 7.89. The highest BCUT2D eigenvalue weighted by atomic mass is 35.5. The highest BCUT2D eigenvalue weighted by Crippen LogP contribution is 2.21. The fraction of sp³-hybridized carbons (Fsp3) is 0.316. The predicted molar refractivity (Wildman–Crippen MR) is 103 cm³/mol. The van der Waals surface area contributed by atoms with Crippen molar-refractivity contribution in [2.75, 3.05) is 6.54 Å². The quantitative estimate of drug-likeness (QED) is 0.679. The van der Waals surface area contributed by atoms with Crippen LogP contribution in [0, 0.1) is 5.82 Å². The molecule has 1 N–H and O–H groups in total. The van der Waals surface area contributed by atoms with Crippen molar-refractivity contribution in [3.8, 4) is 5.75 Å². The Bertz CT molecular complexity index is 940. The molecule has 152 valence electrons. The summed E-state index contributed by atoms with van der Waals surface area (Å²) in [6, 6.07) is 9.61. The molecule has 0 heterocycles. The Labute approximate surface area is 168 Å². The molecule has 2 aromatic rings. The van der Waals surface area contributed by atoms with Crippen LogP contribution in [0.25, 0.3) is 0 Å². The maximum atomic E-state index is 13.0. The van der Waals surface area contributed by atoms with Crippen molar-refractivity contribution in [1.82, 2.24) is 4.72 Å². The minimum atomic E-state index is -3.88. The molecule has 0 saturated carbocycles. The van der Waals surface area contributed by atoms with Crippen LogP contribution in [-0.2, 0) is 26.2 Å². The Morgan fingerprint density at radius 1 is 1.14 bits per heavy atom. The molecule has 6 nitrogen and oxygen atoms in total. The number of nitrogens with one attached hydrogen (secondary N) is 1. The van der Waals surface area contributed by atoms with Gasteiger partial charge in [-0.1, -0.05) is 17.7 Å². The molecule has 9 heteroatoms. The van der Waals surface area contributed by atoms with E-state index in [0.717, 1.165) is 0 Å². The fourth-order valence-electron chi connectivity index (χ4n) is 2.13. The lowest BCUT2D eigenvalue weighted by Crippen LogP contribution is -2.34. The molecule has 0 bridgehead atoms. The Morgan fingerprint density at radius 2 is 1.79 bits per heavy atom. The summed E-state index contributed by atoms with van der Waals surface area (Å²) in [5.41, 5.74) is -0.103. The van der Waals surface area contributed by atoms with Gasteiger partial charge in [-0.05, 0) is 57.2 Å². The van der Waals surface area contributed by atoms with Gasteiger partial charge >= 0.3 is 5.97 Å². The van der Waals surface area contributed by atoms with Gasteiger partial charge in [0.05, 0.1) is 9.92 Å². The Morgan fingerprint density at radius 3 is 2.36 bits per heavy atom. The zero-order chi connectivity index (χ0) is 20.9. The molecule has 0 aliphatic heterocycles. The lowest BCUT2D eigenvalue weighted by molar-refractivity contribution is -0.153. The number of benzene rings is 2. The first-order valence-electron chi connectivity index (χ1n) is 8.34. The van der Waals surface area contributed by atoms with E-state index in [1.807, 2.05) is 0 Å². The van der Waals surface area contributed by atoms with Crippen molar-refractivity contribution in [2.45, 2.75) is 37.9 Å². The Hall–Kier alpha value is -2.16. The van der Waals surface area contributed by atoms with E-state index in [4.69, 9.17) is 21.1 Å². The lowest BCUT2D eigenvalue weighted by atomic mass is 10.2. The van der Waals surface area contributed by atoms with Gasteiger partial charge in [-0.2, -0.15) is 4.72 Å². The van der Waals surface area contributed by atoms with E-state index in [2.05, 4.69) is 4.72 Å². The molecule has 0 unspecified atom stereocenters. The van der Waals surface area contributed by atoms with Gasteiger partial charge in [0.15, 0.2) is 0 Å². The molecule has 28 heavy (non-hydrogen) atoms. The Balaban J connectivity index is 1.96. The van der Waals surface area contributed by atoms with Crippen LogP contribution in [0.3, 0.4) is 0 Å². The molecule has 0 aliphatic rings. The number of ether oxygens (including phenoxy) is 2. The average molecular weight is 430 g/mol. The van der Waals surface area contributed by atoms with E-state index in [1.165, 1.54) is 42.5 Å². The van der Waals surface area contributed by atoms with Crippen molar-refractivity contribution in [1.29, 1.82) is 0 Å². The first-order valence-corrected chi connectivity index (χ1v) is 10.2. The van der Waals surface area contributed by atoms with Crippen LogP contribution in [0.2, 0.25) is 5.02 Å². The molecule has 0 amide bonds. The van der Waals surface area contributed by atoms with Crippen molar-refractivity contribution >= 4 is 27.6 Å². The zero-order valence-electron chi connectivity index (χ0n) is 15.7. The van der Waals surface area contributed by atoms with Crippen molar-refractivity contribution < 1.29 is 27.1 Å². The number of carbonyl (C=O) groups is 1. The van der Waals surface area contributed by atoms with Crippen LogP contribution in [0.1, 0.15) is 26.3 Å². The summed E-state index contributed by atoms with van der Waals surface area (Å²) in [6.45, 7) is 4.70. The number of sulfonamides is 1. The summed E-state index contributed by atoms with van der Waals surface area (Å²) in [4.78, 5) is 11.6. The molecular formula is C19H21ClFNO5S. The summed E-state index contributed by atoms with van der Waals surface area (Å²) in [6.07, 6.45) is 0. The first-order chi connectivity index (χ1) is 13.0. The van der Waals surface area contributed by atoms with Crippen molar-refractivity contribution in [3.05, 3.63) is 58.9 Å².